The topological polar surface area (TPSA) is 94.4 Å². The molecule has 0 aliphatic carbocycles. The van der Waals surface area contributed by atoms with E-state index >= 15 is 0 Å². The van der Waals surface area contributed by atoms with Gasteiger partial charge in [0.15, 0.2) is 5.69 Å². The van der Waals surface area contributed by atoms with Crippen LogP contribution in [0.4, 0.5) is 5.82 Å². The summed E-state index contributed by atoms with van der Waals surface area (Å²) in [5.74, 6) is -0.355. The van der Waals surface area contributed by atoms with E-state index < -0.39 is 4.92 Å². The molecule has 7 nitrogen and oxygen atoms in total. The highest BCUT2D eigenvalue weighted by Gasteiger charge is 2.26. The molecule has 1 heterocycles. The first-order valence-electron chi connectivity index (χ1n) is 5.95. The zero-order valence-corrected chi connectivity index (χ0v) is 12.9. The molecule has 20 heavy (non-hydrogen) atoms. The summed E-state index contributed by atoms with van der Waals surface area (Å²) in [4.78, 5) is 24.0. The number of nitro groups is 1. The van der Waals surface area contributed by atoms with Gasteiger partial charge in [0.25, 0.3) is 5.91 Å². The van der Waals surface area contributed by atoms with Crippen molar-refractivity contribution in [3.8, 4) is 0 Å². The van der Waals surface area contributed by atoms with Gasteiger partial charge >= 0.3 is 5.82 Å². The van der Waals surface area contributed by atoms with E-state index in [1.165, 1.54) is 28.6 Å². The number of nitrogens with two attached hydrogens (primary N) is 1. The van der Waals surface area contributed by atoms with Gasteiger partial charge in [-0.1, -0.05) is 13.8 Å². The molecule has 0 saturated carbocycles. The summed E-state index contributed by atoms with van der Waals surface area (Å²) in [6.45, 7) is 4.87. The highest BCUT2D eigenvalue weighted by atomic mass is 35.5. The number of aromatic nitrogens is 1. The third kappa shape index (κ3) is 3.94. The summed E-state index contributed by atoms with van der Waals surface area (Å²) in [7, 11) is 3.17. The molecule has 8 heteroatoms. The highest BCUT2D eigenvalue weighted by molar-refractivity contribution is 5.93. The van der Waals surface area contributed by atoms with Crippen molar-refractivity contribution in [2.75, 3.05) is 20.1 Å². The van der Waals surface area contributed by atoms with E-state index in [-0.39, 0.29) is 29.5 Å². The lowest BCUT2D eigenvalue weighted by Crippen LogP contribution is -2.40. The molecular weight excluding hydrogens is 284 g/mol. The van der Waals surface area contributed by atoms with Crippen LogP contribution in [-0.2, 0) is 7.05 Å². The average molecular weight is 305 g/mol. The Morgan fingerprint density at radius 1 is 1.50 bits per heavy atom. The molecular formula is C12H21ClN4O3. The third-order valence-electron chi connectivity index (χ3n) is 3.07. The van der Waals surface area contributed by atoms with Crippen LogP contribution >= 0.6 is 12.4 Å². The second-order valence-corrected chi connectivity index (χ2v) is 5.42. The molecule has 0 radical (unpaired) electrons. The van der Waals surface area contributed by atoms with Gasteiger partial charge in [0.2, 0.25) is 0 Å². The molecule has 1 aromatic rings. The first kappa shape index (κ1) is 18.4. The third-order valence-corrected chi connectivity index (χ3v) is 3.07. The van der Waals surface area contributed by atoms with Crippen molar-refractivity contribution >= 4 is 24.1 Å². The minimum absolute atomic E-state index is 0. The van der Waals surface area contributed by atoms with Crippen molar-refractivity contribution in [2.45, 2.75) is 13.8 Å². The molecule has 1 aromatic heterocycles. The predicted octanol–water partition coefficient (Wildman–Crippen LogP) is 1.41. The quantitative estimate of drug-likeness (QED) is 0.657. The normalized spacial score (nSPS) is 10.8. The van der Waals surface area contributed by atoms with Crippen LogP contribution in [0, 0.1) is 15.5 Å². The summed E-state index contributed by atoms with van der Waals surface area (Å²) in [5.41, 5.74) is 5.74. The Morgan fingerprint density at radius 2 is 2.05 bits per heavy atom. The molecule has 1 amide bonds. The van der Waals surface area contributed by atoms with Gasteiger partial charge in [-0.2, -0.15) is 0 Å². The maximum atomic E-state index is 12.2. The van der Waals surface area contributed by atoms with E-state index in [4.69, 9.17) is 5.73 Å². The van der Waals surface area contributed by atoms with E-state index in [2.05, 4.69) is 0 Å². The average Bonchev–Trinajstić information content (AvgIpc) is 2.69. The summed E-state index contributed by atoms with van der Waals surface area (Å²) in [5, 5.41) is 10.7. The van der Waals surface area contributed by atoms with Crippen LogP contribution in [0.3, 0.4) is 0 Å². The van der Waals surface area contributed by atoms with Crippen LogP contribution in [0.5, 0.6) is 0 Å². The Labute approximate surface area is 124 Å². The van der Waals surface area contributed by atoms with Crippen molar-refractivity contribution in [2.24, 2.45) is 18.2 Å². The Hall–Kier alpha value is -1.60. The number of carbonyl (C=O) groups is 1. The summed E-state index contributed by atoms with van der Waals surface area (Å²) < 4.78 is 1.29. The second-order valence-electron chi connectivity index (χ2n) is 5.42. The first-order chi connectivity index (χ1) is 8.69. The van der Waals surface area contributed by atoms with Crippen LogP contribution in [-0.4, -0.2) is 40.4 Å². The minimum atomic E-state index is -0.513. The molecule has 0 atom stereocenters. The Kier molecular flexibility index (Phi) is 6.18. The molecule has 0 unspecified atom stereocenters. The number of hydrogen-bond acceptors (Lipinski definition) is 4. The SMILES string of the molecule is CN(CC(C)(C)CN)C(=O)c1ccc([N+](=O)[O-])n1C.Cl. The predicted molar refractivity (Wildman–Crippen MR) is 79.1 cm³/mol. The number of carbonyl (C=O) groups excluding carboxylic acids is 1. The van der Waals surface area contributed by atoms with Crippen molar-refractivity contribution in [1.29, 1.82) is 0 Å². The molecule has 2 N–H and O–H groups in total. The summed E-state index contributed by atoms with van der Waals surface area (Å²) >= 11 is 0. The number of halogens is 1. The Balaban J connectivity index is 0.00000361. The molecule has 0 aliphatic rings. The smallest absolute Gasteiger partial charge is 0.323 e. The fraction of sp³-hybridized carbons (Fsp3) is 0.583. The Morgan fingerprint density at radius 3 is 2.45 bits per heavy atom. The van der Waals surface area contributed by atoms with Crippen molar-refractivity contribution in [1.82, 2.24) is 9.47 Å². The first-order valence-corrected chi connectivity index (χ1v) is 5.95. The van der Waals surface area contributed by atoms with Gasteiger partial charge in [0.1, 0.15) is 0 Å². The van der Waals surface area contributed by atoms with Crippen LogP contribution in [0.15, 0.2) is 12.1 Å². The lowest BCUT2D eigenvalue weighted by molar-refractivity contribution is -0.391. The van der Waals surface area contributed by atoms with Crippen LogP contribution < -0.4 is 5.73 Å². The molecule has 0 aliphatic heterocycles. The number of hydrogen-bond donors (Lipinski definition) is 1. The zero-order chi connectivity index (χ0) is 14.8. The van der Waals surface area contributed by atoms with Crippen molar-refractivity contribution < 1.29 is 9.72 Å². The molecule has 0 aromatic carbocycles. The maximum Gasteiger partial charge on any atom is 0.323 e. The zero-order valence-electron chi connectivity index (χ0n) is 12.1. The van der Waals surface area contributed by atoms with Crippen LogP contribution in [0.25, 0.3) is 0 Å². The van der Waals surface area contributed by atoms with E-state index in [9.17, 15) is 14.9 Å². The van der Waals surface area contributed by atoms with Gasteiger partial charge < -0.3 is 20.7 Å². The number of amides is 1. The minimum Gasteiger partial charge on any atom is -0.358 e. The fourth-order valence-corrected chi connectivity index (χ4v) is 1.87. The largest absolute Gasteiger partial charge is 0.358 e. The van der Waals surface area contributed by atoms with Gasteiger partial charge in [0.05, 0.1) is 7.05 Å². The number of rotatable bonds is 5. The van der Waals surface area contributed by atoms with E-state index in [0.717, 1.165) is 0 Å². The van der Waals surface area contributed by atoms with Crippen LogP contribution in [0.1, 0.15) is 24.3 Å². The van der Waals surface area contributed by atoms with E-state index in [1.54, 1.807) is 7.05 Å². The lowest BCUT2D eigenvalue weighted by Gasteiger charge is -2.28. The van der Waals surface area contributed by atoms with Gasteiger partial charge in [-0.3, -0.25) is 4.79 Å². The van der Waals surface area contributed by atoms with E-state index in [0.29, 0.717) is 18.8 Å². The molecule has 114 valence electrons. The summed E-state index contributed by atoms with van der Waals surface area (Å²) in [6.07, 6.45) is 0. The number of nitrogens with zero attached hydrogens (tertiary/aromatic N) is 3. The van der Waals surface area contributed by atoms with Crippen molar-refractivity contribution in [3.63, 3.8) is 0 Å². The monoisotopic (exact) mass is 304 g/mol. The van der Waals surface area contributed by atoms with Gasteiger partial charge in [-0.25, -0.2) is 4.57 Å². The van der Waals surface area contributed by atoms with E-state index in [1.807, 2.05) is 13.8 Å². The van der Waals surface area contributed by atoms with Crippen molar-refractivity contribution in [3.05, 3.63) is 27.9 Å². The molecule has 0 bridgehead atoms. The molecule has 0 spiro atoms. The summed E-state index contributed by atoms with van der Waals surface area (Å²) in [6, 6.07) is 2.79. The standard InChI is InChI=1S/C12H20N4O3.ClH/c1-12(2,7-13)8-14(3)11(17)9-5-6-10(15(9)4)16(18)19;/h5-6H,7-8,13H2,1-4H3;1H. The Bertz CT molecular complexity index is 499. The lowest BCUT2D eigenvalue weighted by atomic mass is 9.93. The molecule has 1 rings (SSSR count). The highest BCUT2D eigenvalue weighted by Crippen LogP contribution is 2.19. The van der Waals surface area contributed by atoms with Gasteiger partial charge in [0, 0.05) is 19.7 Å². The fourth-order valence-electron chi connectivity index (χ4n) is 1.87. The maximum absolute atomic E-state index is 12.2. The van der Waals surface area contributed by atoms with Crippen LogP contribution in [0.2, 0.25) is 0 Å². The van der Waals surface area contributed by atoms with Gasteiger partial charge in [-0.15, -0.1) is 12.4 Å². The van der Waals surface area contributed by atoms with Gasteiger partial charge in [-0.05, 0) is 22.9 Å². The molecule has 0 fully saturated rings. The molecule has 0 saturated heterocycles. The second kappa shape index (κ2) is 6.71.